The molecule has 2 heterocycles. The summed E-state index contributed by atoms with van der Waals surface area (Å²) in [6.45, 7) is 5.90. The van der Waals surface area contributed by atoms with E-state index < -0.39 is 0 Å². The Kier molecular flexibility index (Phi) is 3.70. The van der Waals surface area contributed by atoms with Crippen LogP contribution < -0.4 is 14.8 Å². The highest BCUT2D eigenvalue weighted by Gasteiger charge is 2.20. The van der Waals surface area contributed by atoms with Gasteiger partial charge in [0.1, 0.15) is 6.04 Å². The summed E-state index contributed by atoms with van der Waals surface area (Å²) < 4.78 is 16.0. The molecule has 1 unspecified atom stereocenters. The fourth-order valence-electron chi connectivity index (χ4n) is 2.03. The molecule has 7 heteroatoms. The molecule has 3 rings (SSSR count). The van der Waals surface area contributed by atoms with E-state index in [0.29, 0.717) is 28.8 Å². The average molecular weight is 303 g/mol. The summed E-state index contributed by atoms with van der Waals surface area (Å²) in [5.41, 5.74) is 0.486. The lowest BCUT2D eigenvalue weighted by Crippen LogP contribution is -2.26. The van der Waals surface area contributed by atoms with Crippen LogP contribution in [0.4, 0.5) is 0 Å². The predicted molar refractivity (Wildman–Crippen MR) is 76.8 cm³/mol. The monoisotopic (exact) mass is 303 g/mol. The van der Waals surface area contributed by atoms with E-state index in [-0.39, 0.29) is 24.7 Å². The van der Waals surface area contributed by atoms with Gasteiger partial charge in [-0.15, -0.1) is 10.2 Å². The third kappa shape index (κ3) is 2.74. The third-order valence-corrected chi connectivity index (χ3v) is 3.30. The molecule has 22 heavy (non-hydrogen) atoms. The second-order valence-electron chi connectivity index (χ2n) is 5.40. The van der Waals surface area contributed by atoms with Gasteiger partial charge in [-0.05, 0) is 25.1 Å². The van der Waals surface area contributed by atoms with Crippen LogP contribution in [-0.2, 0) is 0 Å². The van der Waals surface area contributed by atoms with Gasteiger partial charge in [0, 0.05) is 11.5 Å². The highest BCUT2D eigenvalue weighted by atomic mass is 16.7. The zero-order valence-electron chi connectivity index (χ0n) is 12.6. The molecule has 1 atom stereocenters. The Hall–Kier alpha value is -2.57. The van der Waals surface area contributed by atoms with Crippen molar-refractivity contribution in [3.05, 3.63) is 35.5 Å². The first kappa shape index (κ1) is 14.4. The molecule has 0 radical (unpaired) electrons. The first-order valence-corrected chi connectivity index (χ1v) is 7.08. The van der Waals surface area contributed by atoms with Gasteiger partial charge in [0.25, 0.3) is 5.91 Å². The third-order valence-electron chi connectivity index (χ3n) is 3.30. The van der Waals surface area contributed by atoms with Gasteiger partial charge in [-0.25, -0.2) is 0 Å². The van der Waals surface area contributed by atoms with Crippen LogP contribution in [0.25, 0.3) is 0 Å². The van der Waals surface area contributed by atoms with Crippen molar-refractivity contribution in [2.24, 2.45) is 0 Å². The molecule has 0 saturated heterocycles. The van der Waals surface area contributed by atoms with Crippen LogP contribution in [0.15, 0.2) is 22.6 Å². The molecule has 0 bridgehead atoms. The molecule has 2 aromatic rings. The highest BCUT2D eigenvalue weighted by Crippen LogP contribution is 2.32. The van der Waals surface area contributed by atoms with Gasteiger partial charge < -0.3 is 19.2 Å². The van der Waals surface area contributed by atoms with Crippen LogP contribution in [0.5, 0.6) is 11.5 Å². The van der Waals surface area contributed by atoms with E-state index in [0.717, 1.165) is 0 Å². The fourth-order valence-corrected chi connectivity index (χ4v) is 2.03. The Morgan fingerprint density at radius 1 is 1.14 bits per heavy atom. The molecule has 1 N–H and O–H groups in total. The predicted octanol–water partition coefficient (Wildman–Crippen LogP) is 2.41. The van der Waals surface area contributed by atoms with Crippen molar-refractivity contribution < 1.29 is 18.7 Å². The van der Waals surface area contributed by atoms with Crippen molar-refractivity contribution in [1.29, 1.82) is 0 Å². The summed E-state index contributed by atoms with van der Waals surface area (Å²) in [7, 11) is 0. The number of carbonyl (C=O) groups excluding carboxylic acids is 1. The van der Waals surface area contributed by atoms with Crippen LogP contribution in [0, 0.1) is 0 Å². The van der Waals surface area contributed by atoms with Gasteiger partial charge in [0.05, 0.1) is 0 Å². The SMILES string of the molecule is CC(C)c1nnc(C(C)NC(=O)c2ccc3c(c2)OCO3)o1. The summed E-state index contributed by atoms with van der Waals surface area (Å²) in [6.07, 6.45) is 0. The molecular formula is C15H17N3O4. The lowest BCUT2D eigenvalue weighted by atomic mass is 10.1. The van der Waals surface area contributed by atoms with Gasteiger partial charge >= 0.3 is 0 Å². The van der Waals surface area contributed by atoms with E-state index in [1.54, 1.807) is 25.1 Å². The van der Waals surface area contributed by atoms with Crippen molar-refractivity contribution in [1.82, 2.24) is 15.5 Å². The largest absolute Gasteiger partial charge is 0.454 e. The van der Waals surface area contributed by atoms with Gasteiger partial charge in [0.2, 0.25) is 18.6 Å². The minimum absolute atomic E-state index is 0.151. The van der Waals surface area contributed by atoms with Crippen LogP contribution in [0.2, 0.25) is 0 Å². The van der Waals surface area contributed by atoms with Crippen molar-refractivity contribution in [2.45, 2.75) is 32.7 Å². The maximum Gasteiger partial charge on any atom is 0.252 e. The Morgan fingerprint density at radius 3 is 2.59 bits per heavy atom. The van der Waals surface area contributed by atoms with E-state index in [1.807, 2.05) is 13.8 Å². The van der Waals surface area contributed by atoms with E-state index in [4.69, 9.17) is 13.9 Å². The van der Waals surface area contributed by atoms with Gasteiger partial charge in [-0.2, -0.15) is 0 Å². The normalized spacial score (nSPS) is 14.2. The molecule has 0 fully saturated rings. The molecule has 0 spiro atoms. The summed E-state index contributed by atoms with van der Waals surface area (Å²) in [6, 6.07) is 4.67. The zero-order valence-corrected chi connectivity index (χ0v) is 12.6. The lowest BCUT2D eigenvalue weighted by molar-refractivity contribution is 0.0933. The molecule has 1 aliphatic heterocycles. The fraction of sp³-hybridized carbons (Fsp3) is 0.400. The van der Waals surface area contributed by atoms with Crippen molar-refractivity contribution in [3.8, 4) is 11.5 Å². The summed E-state index contributed by atoms with van der Waals surface area (Å²) in [5.74, 6) is 2.06. The quantitative estimate of drug-likeness (QED) is 0.933. The minimum atomic E-state index is -0.377. The molecular weight excluding hydrogens is 286 g/mol. The van der Waals surface area contributed by atoms with Crippen LogP contribution in [-0.4, -0.2) is 22.9 Å². The molecule has 116 valence electrons. The topological polar surface area (TPSA) is 86.5 Å². The number of amides is 1. The number of nitrogens with zero attached hydrogens (tertiary/aromatic N) is 2. The molecule has 1 aromatic carbocycles. The first-order chi connectivity index (χ1) is 10.5. The number of hydrogen-bond acceptors (Lipinski definition) is 6. The van der Waals surface area contributed by atoms with Crippen molar-refractivity contribution in [2.75, 3.05) is 6.79 Å². The van der Waals surface area contributed by atoms with E-state index in [9.17, 15) is 4.79 Å². The van der Waals surface area contributed by atoms with Gasteiger partial charge in [0.15, 0.2) is 11.5 Å². The maximum absolute atomic E-state index is 12.3. The molecule has 1 aromatic heterocycles. The van der Waals surface area contributed by atoms with Crippen molar-refractivity contribution in [3.63, 3.8) is 0 Å². The maximum atomic E-state index is 12.3. The van der Waals surface area contributed by atoms with Crippen molar-refractivity contribution >= 4 is 5.91 Å². The minimum Gasteiger partial charge on any atom is -0.454 e. The number of hydrogen-bond donors (Lipinski definition) is 1. The zero-order chi connectivity index (χ0) is 15.7. The Labute approximate surface area is 127 Å². The van der Waals surface area contributed by atoms with E-state index in [1.165, 1.54) is 0 Å². The molecule has 1 amide bonds. The second-order valence-corrected chi connectivity index (χ2v) is 5.40. The van der Waals surface area contributed by atoms with Crippen LogP contribution >= 0.6 is 0 Å². The van der Waals surface area contributed by atoms with Gasteiger partial charge in [-0.3, -0.25) is 4.79 Å². The second kappa shape index (κ2) is 5.67. The number of ether oxygens (including phenoxy) is 2. The number of carbonyl (C=O) groups is 1. The van der Waals surface area contributed by atoms with Crippen LogP contribution in [0.3, 0.4) is 0 Å². The molecule has 7 nitrogen and oxygen atoms in total. The number of aromatic nitrogens is 2. The average Bonchev–Trinajstić information content (AvgIpc) is 3.15. The van der Waals surface area contributed by atoms with Gasteiger partial charge in [-0.1, -0.05) is 13.8 Å². The Bertz CT molecular complexity index is 696. The standard InChI is InChI=1S/C15H17N3O4/c1-8(2)14-17-18-15(22-14)9(3)16-13(19)10-4-5-11-12(6-10)21-7-20-11/h4-6,8-9H,7H2,1-3H3,(H,16,19). The number of nitrogens with one attached hydrogen (secondary N) is 1. The summed E-state index contributed by atoms with van der Waals surface area (Å²) in [4.78, 5) is 12.3. The molecule has 1 aliphatic rings. The van der Waals surface area contributed by atoms with Crippen LogP contribution in [0.1, 0.15) is 54.9 Å². The first-order valence-electron chi connectivity index (χ1n) is 7.08. The molecule has 0 aliphatic carbocycles. The lowest BCUT2D eigenvalue weighted by Gasteiger charge is -2.10. The number of rotatable bonds is 4. The molecule has 0 saturated carbocycles. The Morgan fingerprint density at radius 2 is 1.86 bits per heavy atom. The van der Waals surface area contributed by atoms with E-state index in [2.05, 4.69) is 15.5 Å². The summed E-state index contributed by atoms with van der Waals surface area (Å²) in [5, 5.41) is 10.7. The number of fused-ring (bicyclic) bond motifs is 1. The highest BCUT2D eigenvalue weighted by molar-refractivity contribution is 5.95. The summed E-state index contributed by atoms with van der Waals surface area (Å²) >= 11 is 0. The van der Waals surface area contributed by atoms with E-state index >= 15 is 0 Å². The smallest absolute Gasteiger partial charge is 0.252 e. The number of benzene rings is 1. The Balaban J connectivity index is 1.70.